The minimum atomic E-state index is -0.121. The van der Waals surface area contributed by atoms with E-state index in [9.17, 15) is 4.79 Å². The van der Waals surface area contributed by atoms with E-state index in [4.69, 9.17) is 11.6 Å². The van der Waals surface area contributed by atoms with E-state index in [1.807, 2.05) is 60.6 Å². The van der Waals surface area contributed by atoms with Crippen LogP contribution in [0.5, 0.6) is 0 Å². The van der Waals surface area contributed by atoms with Crippen LogP contribution in [0.4, 0.5) is 0 Å². The Morgan fingerprint density at radius 3 is 2.69 bits per heavy atom. The summed E-state index contributed by atoms with van der Waals surface area (Å²) in [6, 6.07) is 9.45. The Balaban J connectivity index is 1.67. The molecule has 0 atom stereocenters. The Labute approximate surface area is 157 Å². The van der Waals surface area contributed by atoms with E-state index in [-0.39, 0.29) is 5.91 Å². The minimum Gasteiger partial charge on any atom is -0.346 e. The second kappa shape index (κ2) is 7.74. The molecule has 0 spiro atoms. The van der Waals surface area contributed by atoms with Crippen molar-refractivity contribution in [3.05, 3.63) is 69.8 Å². The molecule has 7 heteroatoms. The van der Waals surface area contributed by atoms with E-state index in [0.717, 1.165) is 29.2 Å². The lowest BCUT2D eigenvalue weighted by Gasteiger charge is -2.08. The van der Waals surface area contributed by atoms with E-state index in [2.05, 4.69) is 15.5 Å². The lowest BCUT2D eigenvalue weighted by atomic mass is 10.1. The van der Waals surface area contributed by atoms with Crippen LogP contribution in [0.25, 0.3) is 0 Å². The van der Waals surface area contributed by atoms with Gasteiger partial charge in [-0.3, -0.25) is 14.2 Å². The van der Waals surface area contributed by atoms with Gasteiger partial charge in [0, 0.05) is 18.3 Å². The van der Waals surface area contributed by atoms with Crippen molar-refractivity contribution >= 4 is 17.5 Å². The molecule has 0 unspecified atom stereocenters. The van der Waals surface area contributed by atoms with Crippen molar-refractivity contribution in [2.75, 3.05) is 0 Å². The molecular weight excluding hydrogens is 350 g/mol. The summed E-state index contributed by atoms with van der Waals surface area (Å²) in [5, 5.41) is 12.4. The van der Waals surface area contributed by atoms with Gasteiger partial charge in [-0.25, -0.2) is 0 Å². The number of amides is 1. The van der Waals surface area contributed by atoms with Gasteiger partial charge in [-0.15, -0.1) is 0 Å². The van der Waals surface area contributed by atoms with Crippen LogP contribution in [0.1, 0.15) is 39.9 Å². The monoisotopic (exact) mass is 371 g/mol. The summed E-state index contributed by atoms with van der Waals surface area (Å²) in [6.07, 6.45) is 1.90. The quantitative estimate of drug-likeness (QED) is 0.722. The second-order valence-corrected chi connectivity index (χ2v) is 6.57. The molecule has 1 N–H and O–H groups in total. The SMILES string of the molecule is CCn1ccc(CNC(=O)c2cccc(Cn3nc(C)c(Cl)c3C)c2)n1. The Bertz CT molecular complexity index is 928. The fraction of sp³-hybridized carbons (Fsp3) is 0.316. The third-order valence-electron chi connectivity index (χ3n) is 4.26. The Kier molecular flexibility index (Phi) is 5.42. The number of hydrogen-bond acceptors (Lipinski definition) is 3. The Morgan fingerprint density at radius 2 is 2.04 bits per heavy atom. The molecule has 136 valence electrons. The summed E-state index contributed by atoms with van der Waals surface area (Å²) >= 11 is 6.20. The lowest BCUT2D eigenvalue weighted by Crippen LogP contribution is -2.23. The molecule has 0 aliphatic heterocycles. The molecule has 2 aromatic heterocycles. The highest BCUT2D eigenvalue weighted by Crippen LogP contribution is 2.20. The standard InChI is InChI=1S/C19H22ClN5O/c1-4-24-9-8-17(23-24)11-21-19(26)16-7-5-6-15(10-16)12-25-14(3)18(20)13(2)22-25/h5-10H,4,11-12H2,1-3H3,(H,21,26). The van der Waals surface area contributed by atoms with E-state index >= 15 is 0 Å². The predicted octanol–water partition coefficient (Wildman–Crippen LogP) is 3.35. The first-order valence-corrected chi connectivity index (χ1v) is 8.94. The van der Waals surface area contributed by atoms with Crippen LogP contribution < -0.4 is 5.32 Å². The van der Waals surface area contributed by atoms with Gasteiger partial charge in [0.25, 0.3) is 5.91 Å². The Morgan fingerprint density at radius 1 is 1.23 bits per heavy atom. The van der Waals surface area contributed by atoms with Crippen molar-refractivity contribution in [2.24, 2.45) is 0 Å². The molecule has 2 heterocycles. The van der Waals surface area contributed by atoms with Crippen LogP contribution in [0.3, 0.4) is 0 Å². The second-order valence-electron chi connectivity index (χ2n) is 6.19. The van der Waals surface area contributed by atoms with E-state index in [0.29, 0.717) is 23.7 Å². The van der Waals surface area contributed by atoms with Crippen LogP contribution in [0, 0.1) is 13.8 Å². The van der Waals surface area contributed by atoms with Gasteiger partial charge in [0.1, 0.15) is 0 Å². The van der Waals surface area contributed by atoms with E-state index < -0.39 is 0 Å². The number of nitrogens with zero attached hydrogens (tertiary/aromatic N) is 4. The van der Waals surface area contributed by atoms with Crippen molar-refractivity contribution in [3.63, 3.8) is 0 Å². The van der Waals surface area contributed by atoms with Crippen LogP contribution in [0.15, 0.2) is 36.5 Å². The number of rotatable bonds is 6. The van der Waals surface area contributed by atoms with Gasteiger partial charge in [0.05, 0.1) is 35.2 Å². The molecule has 0 saturated heterocycles. The Hall–Kier alpha value is -2.60. The molecule has 0 aliphatic carbocycles. The maximum atomic E-state index is 12.4. The first-order valence-electron chi connectivity index (χ1n) is 8.57. The third kappa shape index (κ3) is 3.96. The summed E-state index contributed by atoms with van der Waals surface area (Å²) in [7, 11) is 0. The molecule has 1 aromatic carbocycles. The average Bonchev–Trinajstić information content (AvgIpc) is 3.20. The molecule has 1 amide bonds. The van der Waals surface area contributed by atoms with E-state index in [1.54, 1.807) is 6.07 Å². The zero-order chi connectivity index (χ0) is 18.7. The number of carbonyl (C=O) groups is 1. The van der Waals surface area contributed by atoms with Gasteiger partial charge in [-0.1, -0.05) is 23.7 Å². The predicted molar refractivity (Wildman–Crippen MR) is 101 cm³/mol. The molecule has 3 aromatic rings. The fourth-order valence-electron chi connectivity index (χ4n) is 2.76. The number of nitrogens with one attached hydrogen (secondary N) is 1. The highest BCUT2D eigenvalue weighted by Gasteiger charge is 2.11. The lowest BCUT2D eigenvalue weighted by molar-refractivity contribution is 0.0950. The van der Waals surface area contributed by atoms with Crippen LogP contribution in [0.2, 0.25) is 5.02 Å². The number of benzene rings is 1. The third-order valence-corrected chi connectivity index (χ3v) is 4.81. The largest absolute Gasteiger partial charge is 0.346 e. The zero-order valence-electron chi connectivity index (χ0n) is 15.2. The fourth-order valence-corrected chi connectivity index (χ4v) is 2.90. The highest BCUT2D eigenvalue weighted by atomic mass is 35.5. The van der Waals surface area contributed by atoms with Crippen molar-refractivity contribution in [1.82, 2.24) is 24.9 Å². The minimum absolute atomic E-state index is 0.121. The maximum Gasteiger partial charge on any atom is 0.251 e. The summed E-state index contributed by atoms with van der Waals surface area (Å²) in [4.78, 5) is 12.4. The summed E-state index contributed by atoms with van der Waals surface area (Å²) in [5.41, 5.74) is 4.18. The number of carbonyl (C=O) groups excluding carboxylic acids is 1. The molecule has 0 fully saturated rings. The highest BCUT2D eigenvalue weighted by molar-refractivity contribution is 6.31. The molecule has 0 radical (unpaired) electrons. The zero-order valence-corrected chi connectivity index (χ0v) is 15.9. The number of halogens is 1. The summed E-state index contributed by atoms with van der Waals surface area (Å²) in [5.74, 6) is -0.121. The number of aromatic nitrogens is 4. The molecule has 3 rings (SSSR count). The van der Waals surface area contributed by atoms with Crippen molar-refractivity contribution in [3.8, 4) is 0 Å². The van der Waals surface area contributed by atoms with Crippen molar-refractivity contribution in [2.45, 2.75) is 40.4 Å². The van der Waals surface area contributed by atoms with Gasteiger partial charge < -0.3 is 5.32 Å². The van der Waals surface area contributed by atoms with Gasteiger partial charge in [0.15, 0.2) is 0 Å². The van der Waals surface area contributed by atoms with Crippen molar-refractivity contribution < 1.29 is 4.79 Å². The number of aryl methyl sites for hydroxylation is 2. The van der Waals surface area contributed by atoms with Gasteiger partial charge in [0.2, 0.25) is 0 Å². The van der Waals surface area contributed by atoms with Crippen LogP contribution >= 0.6 is 11.6 Å². The topological polar surface area (TPSA) is 64.7 Å². The average molecular weight is 372 g/mol. The molecule has 6 nitrogen and oxygen atoms in total. The van der Waals surface area contributed by atoms with Gasteiger partial charge in [-0.05, 0) is 44.5 Å². The molecular formula is C19H22ClN5O. The summed E-state index contributed by atoms with van der Waals surface area (Å²) < 4.78 is 3.69. The molecule has 0 saturated carbocycles. The van der Waals surface area contributed by atoms with Gasteiger partial charge >= 0.3 is 0 Å². The summed E-state index contributed by atoms with van der Waals surface area (Å²) in [6.45, 7) is 7.64. The molecule has 0 aliphatic rings. The smallest absolute Gasteiger partial charge is 0.251 e. The van der Waals surface area contributed by atoms with Crippen molar-refractivity contribution in [1.29, 1.82) is 0 Å². The first-order chi connectivity index (χ1) is 12.5. The molecule has 0 bridgehead atoms. The first kappa shape index (κ1) is 18.2. The maximum absolute atomic E-state index is 12.4. The number of hydrogen-bond donors (Lipinski definition) is 1. The van der Waals surface area contributed by atoms with E-state index in [1.165, 1.54) is 0 Å². The normalized spacial score (nSPS) is 10.9. The van der Waals surface area contributed by atoms with Crippen LogP contribution in [-0.4, -0.2) is 25.5 Å². The van der Waals surface area contributed by atoms with Gasteiger partial charge in [-0.2, -0.15) is 10.2 Å². The van der Waals surface area contributed by atoms with Crippen LogP contribution in [-0.2, 0) is 19.6 Å². The molecule has 26 heavy (non-hydrogen) atoms.